The maximum atomic E-state index is 14.7. The van der Waals surface area contributed by atoms with Gasteiger partial charge in [0.15, 0.2) is 11.6 Å². The molecule has 1 aromatic carbocycles. The van der Waals surface area contributed by atoms with Crippen LogP contribution >= 0.6 is 0 Å². The van der Waals surface area contributed by atoms with E-state index in [1.807, 2.05) is 0 Å². The van der Waals surface area contributed by atoms with E-state index in [2.05, 4.69) is 20.5 Å². The maximum Gasteiger partial charge on any atom is 0.265 e. The van der Waals surface area contributed by atoms with E-state index in [0.717, 1.165) is 12.1 Å². The van der Waals surface area contributed by atoms with Crippen molar-refractivity contribution in [2.24, 2.45) is 5.73 Å². The summed E-state index contributed by atoms with van der Waals surface area (Å²) in [5.74, 6) is -1.72. The van der Waals surface area contributed by atoms with Crippen LogP contribution in [0.4, 0.5) is 23.2 Å². The summed E-state index contributed by atoms with van der Waals surface area (Å²) in [4.78, 5) is 6.04. The molecule has 0 radical (unpaired) electrons. The first kappa shape index (κ1) is 23.8. The quantitative estimate of drug-likeness (QED) is 0.493. The number of tetrazole rings is 1. The van der Waals surface area contributed by atoms with Crippen LogP contribution < -0.4 is 15.4 Å². The number of piperidine rings is 1. The topological polar surface area (TPSA) is 115 Å². The lowest BCUT2D eigenvalue weighted by atomic mass is 9.84. The van der Waals surface area contributed by atoms with E-state index in [9.17, 15) is 22.7 Å². The van der Waals surface area contributed by atoms with Gasteiger partial charge in [0.05, 0.1) is 36.8 Å². The molecule has 9 nitrogen and oxygen atoms in total. The van der Waals surface area contributed by atoms with Crippen LogP contribution in [0.25, 0.3) is 11.3 Å². The standard InChI is InChI=1S/C21H23F4N7O2/c1-34-18-7-14(22)13(6-15(18)23)16-5-12(9-32-11-28-29-30-32)17(8-27-16)31-4-2-3-21(26,10-31)19(33)20(24)25/h5-8,11,19-20,33H,2-4,9-10,26H2,1H3/t19-,21-/m1/s1. The number of alkyl halides is 2. The first-order chi connectivity index (χ1) is 16.2. The average Bonchev–Trinajstić information content (AvgIpc) is 3.32. The number of hydrogen-bond donors (Lipinski definition) is 2. The van der Waals surface area contributed by atoms with Crippen LogP contribution in [0.5, 0.6) is 5.75 Å². The summed E-state index contributed by atoms with van der Waals surface area (Å²) >= 11 is 0. The minimum atomic E-state index is -2.99. The highest BCUT2D eigenvalue weighted by Crippen LogP contribution is 2.34. The number of rotatable bonds is 7. The fourth-order valence-electron chi connectivity index (χ4n) is 4.17. The van der Waals surface area contributed by atoms with Gasteiger partial charge in [-0.3, -0.25) is 4.98 Å². The lowest BCUT2D eigenvalue weighted by molar-refractivity contribution is -0.0529. The predicted molar refractivity (Wildman–Crippen MR) is 113 cm³/mol. The van der Waals surface area contributed by atoms with Crippen molar-refractivity contribution in [2.45, 2.75) is 37.5 Å². The van der Waals surface area contributed by atoms with Gasteiger partial charge in [-0.2, -0.15) is 0 Å². The Kier molecular flexibility index (Phi) is 6.66. The SMILES string of the molecule is COc1cc(F)c(-c2cc(Cn3cnnn3)c(N3CCC[C@](N)([C@H](O)C(F)F)C3)cn2)cc1F. The van der Waals surface area contributed by atoms with Gasteiger partial charge in [-0.25, -0.2) is 22.2 Å². The lowest BCUT2D eigenvalue weighted by Crippen LogP contribution is -2.63. The monoisotopic (exact) mass is 481 g/mol. The van der Waals surface area contributed by atoms with Gasteiger partial charge in [0.1, 0.15) is 18.2 Å². The summed E-state index contributed by atoms with van der Waals surface area (Å²) in [5.41, 5.74) is 5.82. The predicted octanol–water partition coefficient (Wildman–Crippen LogP) is 1.99. The zero-order chi connectivity index (χ0) is 24.5. The van der Waals surface area contributed by atoms with E-state index in [0.29, 0.717) is 24.2 Å². The Morgan fingerprint density at radius 3 is 2.71 bits per heavy atom. The second kappa shape index (κ2) is 9.50. The Balaban J connectivity index is 1.74. The van der Waals surface area contributed by atoms with Crippen LogP contribution in [0.2, 0.25) is 0 Å². The molecule has 0 aliphatic carbocycles. The van der Waals surface area contributed by atoms with Crippen molar-refractivity contribution in [1.82, 2.24) is 25.2 Å². The van der Waals surface area contributed by atoms with Gasteiger partial charge in [-0.1, -0.05) is 0 Å². The highest BCUT2D eigenvalue weighted by molar-refractivity contribution is 5.66. The Morgan fingerprint density at radius 2 is 2.03 bits per heavy atom. The molecule has 0 bridgehead atoms. The van der Waals surface area contributed by atoms with Gasteiger partial charge < -0.3 is 20.5 Å². The molecular weight excluding hydrogens is 458 g/mol. The van der Waals surface area contributed by atoms with Gasteiger partial charge in [-0.15, -0.1) is 5.10 Å². The number of ether oxygens (including phenoxy) is 1. The molecule has 0 amide bonds. The summed E-state index contributed by atoms with van der Waals surface area (Å²) < 4.78 is 61.6. The van der Waals surface area contributed by atoms with Crippen molar-refractivity contribution in [3.63, 3.8) is 0 Å². The number of aliphatic hydroxyl groups excluding tert-OH is 1. The summed E-state index contributed by atoms with van der Waals surface area (Å²) in [6.07, 6.45) is -1.48. The summed E-state index contributed by atoms with van der Waals surface area (Å²) in [7, 11) is 1.23. The third-order valence-electron chi connectivity index (χ3n) is 5.93. The van der Waals surface area contributed by atoms with Crippen LogP contribution in [0.1, 0.15) is 18.4 Å². The average molecular weight is 481 g/mol. The zero-order valence-electron chi connectivity index (χ0n) is 18.2. The van der Waals surface area contributed by atoms with Gasteiger partial charge in [0, 0.05) is 30.3 Å². The molecule has 2 aromatic heterocycles. The molecule has 0 unspecified atom stereocenters. The van der Waals surface area contributed by atoms with Crippen molar-refractivity contribution < 1.29 is 27.4 Å². The summed E-state index contributed by atoms with van der Waals surface area (Å²) in [6, 6.07) is 3.47. The number of methoxy groups -OCH3 is 1. The van der Waals surface area contributed by atoms with Gasteiger partial charge in [0.2, 0.25) is 0 Å². The maximum absolute atomic E-state index is 14.7. The third-order valence-corrected chi connectivity index (χ3v) is 5.93. The first-order valence-electron chi connectivity index (χ1n) is 10.4. The van der Waals surface area contributed by atoms with Crippen LogP contribution in [-0.4, -0.2) is 68.6 Å². The number of aliphatic hydroxyl groups is 1. The van der Waals surface area contributed by atoms with Crippen molar-refractivity contribution >= 4 is 5.69 Å². The number of aromatic nitrogens is 5. The van der Waals surface area contributed by atoms with Crippen molar-refractivity contribution in [3.05, 3.63) is 47.9 Å². The van der Waals surface area contributed by atoms with Gasteiger partial charge in [0.25, 0.3) is 6.43 Å². The van der Waals surface area contributed by atoms with Crippen LogP contribution in [0, 0.1) is 11.6 Å². The lowest BCUT2D eigenvalue weighted by Gasteiger charge is -2.44. The Hall–Kier alpha value is -3.32. The number of pyridine rings is 1. The number of benzene rings is 1. The zero-order valence-corrected chi connectivity index (χ0v) is 18.2. The van der Waals surface area contributed by atoms with Crippen LogP contribution in [0.3, 0.4) is 0 Å². The number of nitrogens with two attached hydrogens (primary N) is 1. The Morgan fingerprint density at radius 1 is 1.24 bits per heavy atom. The molecule has 3 N–H and O–H groups in total. The second-order valence-corrected chi connectivity index (χ2v) is 8.21. The number of anilines is 1. The molecule has 3 heterocycles. The van der Waals surface area contributed by atoms with E-state index in [1.54, 1.807) is 11.0 Å². The first-order valence-corrected chi connectivity index (χ1v) is 10.4. The fourth-order valence-corrected chi connectivity index (χ4v) is 4.17. The largest absolute Gasteiger partial charge is 0.494 e. The number of halogens is 4. The minimum Gasteiger partial charge on any atom is -0.494 e. The van der Waals surface area contributed by atoms with Gasteiger partial charge in [-0.05, 0) is 35.4 Å². The van der Waals surface area contributed by atoms with E-state index in [-0.39, 0.29) is 36.5 Å². The molecule has 0 saturated carbocycles. The highest BCUT2D eigenvalue weighted by atomic mass is 19.3. The molecule has 13 heteroatoms. The van der Waals surface area contributed by atoms with E-state index in [1.165, 1.54) is 24.3 Å². The molecule has 1 saturated heterocycles. The molecule has 4 rings (SSSR count). The number of hydrogen-bond acceptors (Lipinski definition) is 8. The minimum absolute atomic E-state index is 0.0480. The van der Waals surface area contributed by atoms with Crippen molar-refractivity contribution in [3.8, 4) is 17.0 Å². The normalized spacial score (nSPS) is 19.5. The van der Waals surface area contributed by atoms with E-state index in [4.69, 9.17) is 10.5 Å². The molecule has 0 spiro atoms. The van der Waals surface area contributed by atoms with Crippen molar-refractivity contribution in [2.75, 3.05) is 25.1 Å². The van der Waals surface area contributed by atoms with E-state index < -0.39 is 29.7 Å². The van der Waals surface area contributed by atoms with Crippen molar-refractivity contribution in [1.29, 1.82) is 0 Å². The molecule has 1 aliphatic rings. The summed E-state index contributed by atoms with van der Waals surface area (Å²) in [6.45, 7) is 0.571. The smallest absolute Gasteiger partial charge is 0.265 e. The molecule has 34 heavy (non-hydrogen) atoms. The van der Waals surface area contributed by atoms with Gasteiger partial charge >= 0.3 is 0 Å². The van der Waals surface area contributed by atoms with E-state index >= 15 is 0 Å². The molecule has 182 valence electrons. The van der Waals surface area contributed by atoms with Crippen LogP contribution in [0.15, 0.2) is 30.7 Å². The fraction of sp³-hybridized carbons (Fsp3) is 0.429. The molecule has 3 aromatic rings. The summed E-state index contributed by atoms with van der Waals surface area (Å²) in [5, 5.41) is 21.0. The highest BCUT2D eigenvalue weighted by Gasteiger charge is 2.43. The Labute approximate surface area is 192 Å². The molecule has 1 aliphatic heterocycles. The molecule has 1 fully saturated rings. The van der Waals surface area contributed by atoms with Crippen LogP contribution in [-0.2, 0) is 6.54 Å². The Bertz CT molecular complexity index is 1150. The third kappa shape index (κ3) is 4.66. The molecular formula is C21H23F4N7O2. The number of nitrogens with zero attached hydrogens (tertiary/aromatic N) is 6. The molecule has 2 atom stereocenters. The second-order valence-electron chi connectivity index (χ2n) is 8.21.